The Kier molecular flexibility index (Phi) is 6.27. The fourth-order valence-corrected chi connectivity index (χ4v) is 2.52. The number of benzene rings is 1. The molecule has 1 aromatic rings. The van der Waals surface area contributed by atoms with Gasteiger partial charge in [-0.2, -0.15) is 0 Å². The summed E-state index contributed by atoms with van der Waals surface area (Å²) in [6.45, 7) is 5.92. The summed E-state index contributed by atoms with van der Waals surface area (Å²) in [7, 11) is 2.13. The van der Waals surface area contributed by atoms with Gasteiger partial charge >= 0.3 is 0 Å². The minimum absolute atomic E-state index is 0.0246. The molecule has 0 radical (unpaired) electrons. The Morgan fingerprint density at radius 1 is 1.09 bits per heavy atom. The van der Waals surface area contributed by atoms with Gasteiger partial charge in [-0.15, -0.1) is 0 Å². The van der Waals surface area contributed by atoms with Crippen LogP contribution in [0.4, 0.5) is 8.78 Å². The smallest absolute Gasteiger partial charge is 0.251 e. The van der Waals surface area contributed by atoms with E-state index in [-0.39, 0.29) is 5.56 Å². The van der Waals surface area contributed by atoms with Gasteiger partial charge in [-0.1, -0.05) is 0 Å². The maximum absolute atomic E-state index is 13.0. The highest BCUT2D eigenvalue weighted by Gasteiger charge is 2.13. The van der Waals surface area contributed by atoms with Crippen LogP contribution in [0.15, 0.2) is 18.2 Å². The first-order valence-electron chi connectivity index (χ1n) is 7.70. The van der Waals surface area contributed by atoms with Crippen LogP contribution in [0.1, 0.15) is 23.2 Å². The van der Waals surface area contributed by atoms with Crippen LogP contribution in [0.25, 0.3) is 0 Å². The fourth-order valence-electron chi connectivity index (χ4n) is 2.52. The van der Waals surface area contributed by atoms with E-state index >= 15 is 0 Å². The SMILES string of the molecule is CN1CCN(CCCCNC(=O)c2cc(F)cc(F)c2)CC1. The first kappa shape index (κ1) is 16.8. The number of carbonyl (C=O) groups is 1. The molecule has 1 aliphatic rings. The molecule has 1 N–H and O–H groups in total. The number of nitrogens with one attached hydrogen (secondary N) is 1. The Morgan fingerprint density at radius 3 is 2.36 bits per heavy atom. The van der Waals surface area contributed by atoms with Crippen molar-refractivity contribution in [3.8, 4) is 0 Å². The van der Waals surface area contributed by atoms with E-state index < -0.39 is 17.5 Å². The zero-order valence-corrected chi connectivity index (χ0v) is 12.9. The molecule has 0 bridgehead atoms. The van der Waals surface area contributed by atoms with Crippen molar-refractivity contribution in [3.63, 3.8) is 0 Å². The summed E-state index contributed by atoms with van der Waals surface area (Å²) in [6, 6.07) is 2.85. The molecule has 2 rings (SSSR count). The van der Waals surface area contributed by atoms with Crippen LogP contribution in [0, 0.1) is 11.6 Å². The second-order valence-electron chi connectivity index (χ2n) is 5.77. The summed E-state index contributed by atoms with van der Waals surface area (Å²) in [5, 5.41) is 2.70. The highest BCUT2D eigenvalue weighted by molar-refractivity contribution is 5.94. The van der Waals surface area contributed by atoms with Crippen LogP contribution < -0.4 is 5.32 Å². The van der Waals surface area contributed by atoms with E-state index in [1.165, 1.54) is 0 Å². The molecule has 22 heavy (non-hydrogen) atoms. The van der Waals surface area contributed by atoms with E-state index in [4.69, 9.17) is 0 Å². The number of carbonyl (C=O) groups excluding carboxylic acids is 1. The molecule has 0 atom stereocenters. The van der Waals surface area contributed by atoms with E-state index in [9.17, 15) is 13.6 Å². The van der Waals surface area contributed by atoms with E-state index in [1.54, 1.807) is 0 Å². The molecule has 1 aliphatic heterocycles. The van der Waals surface area contributed by atoms with E-state index in [0.29, 0.717) is 6.54 Å². The van der Waals surface area contributed by atoms with Crippen LogP contribution in [0.2, 0.25) is 0 Å². The van der Waals surface area contributed by atoms with Crippen LogP contribution >= 0.6 is 0 Å². The summed E-state index contributed by atoms with van der Waals surface area (Å²) in [5.41, 5.74) is 0.0246. The van der Waals surface area contributed by atoms with Crippen LogP contribution in [0.5, 0.6) is 0 Å². The van der Waals surface area contributed by atoms with E-state index in [0.717, 1.165) is 63.8 Å². The Morgan fingerprint density at radius 2 is 1.73 bits per heavy atom. The standard InChI is InChI=1S/C16H23F2N3O/c1-20-6-8-21(9-7-20)5-3-2-4-19-16(22)13-10-14(17)12-15(18)11-13/h10-12H,2-9H2,1H3,(H,19,22). The monoisotopic (exact) mass is 311 g/mol. The molecule has 6 heteroatoms. The van der Waals surface area contributed by atoms with Crippen molar-refractivity contribution in [3.05, 3.63) is 35.4 Å². The zero-order valence-electron chi connectivity index (χ0n) is 12.9. The van der Waals surface area contributed by atoms with Gasteiger partial charge in [0.1, 0.15) is 11.6 Å². The predicted octanol–water partition coefficient (Wildman–Crippen LogP) is 1.72. The highest BCUT2D eigenvalue weighted by Crippen LogP contribution is 2.08. The number of rotatable bonds is 6. The second-order valence-corrected chi connectivity index (χ2v) is 5.77. The average Bonchev–Trinajstić information content (AvgIpc) is 2.47. The molecule has 0 unspecified atom stereocenters. The largest absolute Gasteiger partial charge is 0.352 e. The number of unbranched alkanes of at least 4 members (excludes halogenated alkanes) is 1. The lowest BCUT2D eigenvalue weighted by molar-refractivity contribution is 0.0951. The topological polar surface area (TPSA) is 35.6 Å². The van der Waals surface area contributed by atoms with Crippen molar-refractivity contribution >= 4 is 5.91 Å². The van der Waals surface area contributed by atoms with Gasteiger partial charge in [0, 0.05) is 44.4 Å². The van der Waals surface area contributed by atoms with Gasteiger partial charge in [-0.25, -0.2) is 8.78 Å². The first-order valence-corrected chi connectivity index (χ1v) is 7.70. The third kappa shape index (κ3) is 5.35. The van der Waals surface area contributed by atoms with Gasteiger partial charge in [-0.05, 0) is 38.6 Å². The Balaban J connectivity index is 1.63. The fraction of sp³-hybridized carbons (Fsp3) is 0.562. The van der Waals surface area contributed by atoms with Crippen molar-refractivity contribution in [2.45, 2.75) is 12.8 Å². The normalized spacial score (nSPS) is 16.7. The zero-order chi connectivity index (χ0) is 15.9. The average molecular weight is 311 g/mol. The van der Waals surface area contributed by atoms with E-state index in [2.05, 4.69) is 22.2 Å². The van der Waals surface area contributed by atoms with Crippen molar-refractivity contribution in [1.82, 2.24) is 15.1 Å². The van der Waals surface area contributed by atoms with Crippen LogP contribution in [-0.2, 0) is 0 Å². The van der Waals surface area contributed by atoms with Gasteiger partial charge in [-0.3, -0.25) is 4.79 Å². The number of hydrogen-bond donors (Lipinski definition) is 1. The maximum atomic E-state index is 13.0. The van der Waals surface area contributed by atoms with Crippen LogP contribution in [0.3, 0.4) is 0 Å². The molecule has 1 heterocycles. The predicted molar refractivity (Wildman–Crippen MR) is 81.9 cm³/mol. The quantitative estimate of drug-likeness (QED) is 0.813. The summed E-state index contributed by atoms with van der Waals surface area (Å²) in [5.74, 6) is -1.90. The Hall–Kier alpha value is -1.53. The number of likely N-dealkylation sites (N-methyl/N-ethyl adjacent to an activating group) is 1. The molecule has 0 spiro atoms. The minimum Gasteiger partial charge on any atom is -0.352 e. The molecular weight excluding hydrogens is 288 g/mol. The second kappa shape index (κ2) is 8.19. The third-order valence-corrected chi connectivity index (χ3v) is 3.91. The molecule has 122 valence electrons. The summed E-state index contributed by atoms with van der Waals surface area (Å²) in [4.78, 5) is 16.5. The number of nitrogens with zero attached hydrogens (tertiary/aromatic N) is 2. The molecule has 1 amide bonds. The maximum Gasteiger partial charge on any atom is 0.251 e. The van der Waals surface area contributed by atoms with E-state index in [1.807, 2.05) is 0 Å². The highest BCUT2D eigenvalue weighted by atomic mass is 19.1. The van der Waals surface area contributed by atoms with Gasteiger partial charge in [0.2, 0.25) is 0 Å². The lowest BCUT2D eigenvalue weighted by Crippen LogP contribution is -2.44. The Bertz CT molecular complexity index is 482. The summed E-state index contributed by atoms with van der Waals surface area (Å²) >= 11 is 0. The number of halogens is 2. The molecule has 0 aromatic heterocycles. The summed E-state index contributed by atoms with van der Waals surface area (Å²) in [6.07, 6.45) is 1.86. The van der Waals surface area contributed by atoms with Crippen molar-refractivity contribution in [2.75, 3.05) is 46.3 Å². The third-order valence-electron chi connectivity index (χ3n) is 3.91. The lowest BCUT2D eigenvalue weighted by atomic mass is 10.2. The van der Waals surface area contributed by atoms with Gasteiger partial charge in [0.15, 0.2) is 0 Å². The van der Waals surface area contributed by atoms with Crippen molar-refractivity contribution in [2.24, 2.45) is 0 Å². The number of amides is 1. The molecular formula is C16H23F2N3O. The molecule has 1 aromatic carbocycles. The molecule has 0 aliphatic carbocycles. The van der Waals surface area contributed by atoms with Gasteiger partial charge in [0.25, 0.3) is 5.91 Å². The van der Waals surface area contributed by atoms with Crippen LogP contribution in [-0.4, -0.2) is 62.0 Å². The number of piperazine rings is 1. The van der Waals surface area contributed by atoms with Gasteiger partial charge < -0.3 is 15.1 Å². The number of hydrogen-bond acceptors (Lipinski definition) is 3. The molecule has 1 fully saturated rings. The Labute approximate surface area is 130 Å². The minimum atomic E-state index is -0.736. The first-order chi connectivity index (χ1) is 10.5. The lowest BCUT2D eigenvalue weighted by Gasteiger charge is -2.32. The molecule has 0 saturated carbocycles. The van der Waals surface area contributed by atoms with Gasteiger partial charge in [0.05, 0.1) is 0 Å². The molecule has 1 saturated heterocycles. The summed E-state index contributed by atoms with van der Waals surface area (Å²) < 4.78 is 26.1. The van der Waals surface area contributed by atoms with Crippen molar-refractivity contribution < 1.29 is 13.6 Å². The van der Waals surface area contributed by atoms with Crippen molar-refractivity contribution in [1.29, 1.82) is 0 Å². The molecule has 4 nitrogen and oxygen atoms in total.